The van der Waals surface area contributed by atoms with E-state index in [4.69, 9.17) is 28.4 Å². The van der Waals surface area contributed by atoms with Crippen molar-refractivity contribution in [2.24, 2.45) is 43.3 Å². The van der Waals surface area contributed by atoms with Crippen molar-refractivity contribution in [1.82, 2.24) is 0 Å². The number of carbonyl (C=O) groups is 8. The first kappa shape index (κ1) is 45.8. The lowest BCUT2D eigenvalue weighted by Gasteiger charge is -2.66. The van der Waals surface area contributed by atoms with Crippen LogP contribution in [0.2, 0.25) is 0 Å². The van der Waals surface area contributed by atoms with Crippen LogP contribution in [-0.2, 0) is 66.8 Å². The highest BCUT2D eigenvalue weighted by Crippen LogP contribution is 2.76. The molecule has 0 radical (unpaired) electrons. The maximum atomic E-state index is 13.7. The summed E-state index contributed by atoms with van der Waals surface area (Å²) in [5, 5.41) is 20.3. The highest BCUT2D eigenvalue weighted by atomic mass is 16.6. The first-order chi connectivity index (χ1) is 26.7. The molecule has 0 aromatic carbocycles. The number of hydrogen-bond donors (Lipinski definition) is 2. The van der Waals surface area contributed by atoms with Crippen molar-refractivity contribution in [3.05, 3.63) is 0 Å². The van der Waals surface area contributed by atoms with E-state index in [1.807, 2.05) is 0 Å². The quantitative estimate of drug-likeness (QED) is 0.232. The lowest BCUT2D eigenvalue weighted by atomic mass is 9.35. The van der Waals surface area contributed by atoms with Gasteiger partial charge >= 0.3 is 47.8 Å². The maximum Gasteiger partial charge on any atom is 0.312 e. The van der Waals surface area contributed by atoms with Gasteiger partial charge in [0.15, 0.2) is 0 Å². The van der Waals surface area contributed by atoms with Crippen molar-refractivity contribution in [1.29, 1.82) is 0 Å². The van der Waals surface area contributed by atoms with Crippen molar-refractivity contribution in [3.63, 3.8) is 0 Å². The van der Waals surface area contributed by atoms with E-state index >= 15 is 0 Å². The Kier molecular flexibility index (Phi) is 10.8. The van der Waals surface area contributed by atoms with Crippen molar-refractivity contribution in [2.75, 3.05) is 21.3 Å². The van der Waals surface area contributed by atoms with Gasteiger partial charge in [-0.25, -0.2) is 0 Å². The molecule has 8 fully saturated rings. The highest BCUT2D eigenvalue weighted by molar-refractivity contribution is 5.93. The molecule has 16 nitrogen and oxygen atoms in total. The van der Waals surface area contributed by atoms with Gasteiger partial charge in [0.05, 0.1) is 64.6 Å². The standard InChI is InChI=1S/C26H40O8.C17H22O8/c1-20(2,3)32-17(29)24-10-23(16(27)28)11-25(13-24,18(30)33-21(4,5)6)15-26(12-23,14-24)19(31)34-22(7,8)9;1-23-11(20)15-4-14(10(18)19)5-16(7-15,12(21)24-2)9-17(6-14,8-15)13(22)25-3/h10-15H2,1-9H3,(H,27,28);4-9H2,1-3H3,(H,18,19). The van der Waals surface area contributed by atoms with E-state index < -0.39 is 108 Å². The number of carboxylic acids is 2. The molecule has 330 valence electrons. The Morgan fingerprint density at radius 2 is 0.475 bits per heavy atom. The fourth-order valence-corrected chi connectivity index (χ4v) is 12.8. The van der Waals surface area contributed by atoms with Gasteiger partial charge in [0.25, 0.3) is 0 Å². The molecule has 0 aliphatic heterocycles. The van der Waals surface area contributed by atoms with Gasteiger partial charge in [0, 0.05) is 0 Å². The van der Waals surface area contributed by atoms with Crippen LogP contribution in [0.5, 0.6) is 0 Å². The molecule has 16 heteroatoms. The third-order valence-corrected chi connectivity index (χ3v) is 13.4. The fraction of sp³-hybridized carbons (Fsp3) is 0.814. The molecule has 59 heavy (non-hydrogen) atoms. The summed E-state index contributed by atoms with van der Waals surface area (Å²) in [5.41, 5.74) is -12.7. The summed E-state index contributed by atoms with van der Waals surface area (Å²) in [4.78, 5) is 104. The van der Waals surface area contributed by atoms with Crippen LogP contribution in [0.25, 0.3) is 0 Å². The summed E-state index contributed by atoms with van der Waals surface area (Å²) in [6, 6.07) is 0. The number of methoxy groups -OCH3 is 3. The average molecular weight is 835 g/mol. The molecule has 0 aromatic rings. The van der Waals surface area contributed by atoms with Gasteiger partial charge in [0.2, 0.25) is 0 Å². The maximum absolute atomic E-state index is 13.7. The van der Waals surface area contributed by atoms with Gasteiger partial charge in [-0.15, -0.1) is 0 Å². The van der Waals surface area contributed by atoms with Crippen molar-refractivity contribution < 1.29 is 77.0 Å². The van der Waals surface area contributed by atoms with Crippen LogP contribution in [0.1, 0.15) is 139 Å². The Labute approximate surface area is 345 Å². The molecule has 0 aromatic heterocycles. The van der Waals surface area contributed by atoms with Crippen LogP contribution in [0.3, 0.4) is 0 Å². The lowest BCUT2D eigenvalue weighted by molar-refractivity contribution is -0.242. The molecule has 0 amide bonds. The number of carboxylic acid groups (broad SMARTS) is 2. The molecule has 0 atom stereocenters. The van der Waals surface area contributed by atoms with Gasteiger partial charge in [-0.05, 0) is 139 Å². The second-order valence-electron chi connectivity index (χ2n) is 22.0. The number of aliphatic carboxylic acids is 2. The first-order valence-electron chi connectivity index (χ1n) is 20.1. The molecule has 8 saturated carbocycles. The summed E-state index contributed by atoms with van der Waals surface area (Å²) >= 11 is 0. The number of esters is 6. The molecular weight excluding hydrogens is 772 g/mol. The second kappa shape index (κ2) is 13.9. The molecule has 8 aliphatic carbocycles. The summed E-state index contributed by atoms with van der Waals surface area (Å²) in [5.74, 6) is -5.67. The summed E-state index contributed by atoms with van der Waals surface area (Å²) < 4.78 is 32.1. The van der Waals surface area contributed by atoms with Crippen molar-refractivity contribution in [3.8, 4) is 0 Å². The Hall–Kier alpha value is -4.24. The SMILES string of the molecule is CC(C)(C)OC(=O)C12CC3(C(=O)O)CC(C(=O)OC(C)(C)C)(C1)CC(C(=O)OC(C)(C)C)(C3)C2.COC(=O)C12CC3(C(=O)O)CC(C(=O)OC)(C1)CC(C(=O)OC)(C3)C2. The topological polar surface area (TPSA) is 232 Å². The molecule has 2 N–H and O–H groups in total. The molecule has 0 saturated heterocycles. The zero-order valence-corrected chi connectivity index (χ0v) is 36.6. The average Bonchev–Trinajstić information content (AvgIpc) is 3.07. The van der Waals surface area contributed by atoms with Crippen LogP contribution < -0.4 is 0 Å². The van der Waals surface area contributed by atoms with Gasteiger partial charge in [-0.1, -0.05) is 0 Å². The monoisotopic (exact) mass is 834 g/mol. The lowest BCUT2D eigenvalue weighted by Crippen LogP contribution is -2.69. The summed E-state index contributed by atoms with van der Waals surface area (Å²) in [7, 11) is 3.68. The second-order valence-corrected chi connectivity index (χ2v) is 22.0. The summed E-state index contributed by atoms with van der Waals surface area (Å²) in [6.07, 6.45) is 0.945. The Balaban J connectivity index is 0.000000235. The molecule has 0 spiro atoms. The minimum atomic E-state index is -1.43. The van der Waals surface area contributed by atoms with Gasteiger partial charge in [-0.2, -0.15) is 0 Å². The van der Waals surface area contributed by atoms with Crippen LogP contribution in [-0.4, -0.2) is 96.1 Å². The largest absolute Gasteiger partial charge is 0.481 e. The first-order valence-corrected chi connectivity index (χ1v) is 20.1. The number of ether oxygens (including phenoxy) is 6. The van der Waals surface area contributed by atoms with E-state index in [1.54, 1.807) is 62.3 Å². The smallest absolute Gasteiger partial charge is 0.312 e. The predicted molar refractivity (Wildman–Crippen MR) is 204 cm³/mol. The van der Waals surface area contributed by atoms with E-state index in [9.17, 15) is 48.6 Å². The third kappa shape index (κ3) is 7.70. The van der Waals surface area contributed by atoms with E-state index in [0.29, 0.717) is 0 Å². The highest BCUT2D eigenvalue weighted by Gasteiger charge is 2.79. The van der Waals surface area contributed by atoms with Crippen LogP contribution in [0.4, 0.5) is 0 Å². The van der Waals surface area contributed by atoms with Crippen molar-refractivity contribution in [2.45, 2.75) is 156 Å². The zero-order valence-electron chi connectivity index (χ0n) is 36.6. The summed E-state index contributed by atoms with van der Waals surface area (Å²) in [6.45, 7) is 15.7. The normalized spacial score (nSPS) is 37.6. The molecule has 0 heterocycles. The predicted octanol–water partition coefficient (Wildman–Crippen LogP) is 5.34. The Morgan fingerprint density at radius 1 is 0.322 bits per heavy atom. The van der Waals surface area contributed by atoms with E-state index in [1.165, 1.54) is 21.3 Å². The minimum absolute atomic E-state index is 0.0271. The van der Waals surface area contributed by atoms with Crippen LogP contribution in [0, 0.1) is 43.3 Å². The molecule has 8 aliphatic rings. The van der Waals surface area contributed by atoms with Gasteiger partial charge in [0.1, 0.15) is 16.8 Å². The van der Waals surface area contributed by atoms with Crippen molar-refractivity contribution >= 4 is 47.8 Å². The third-order valence-electron chi connectivity index (χ3n) is 13.4. The van der Waals surface area contributed by atoms with Crippen LogP contribution in [0.15, 0.2) is 0 Å². The number of carbonyl (C=O) groups excluding carboxylic acids is 6. The Bertz CT molecular complexity index is 1630. The molecular formula is C43H62O16. The molecule has 8 rings (SSSR count). The van der Waals surface area contributed by atoms with E-state index in [0.717, 1.165) is 0 Å². The minimum Gasteiger partial charge on any atom is -0.481 e. The van der Waals surface area contributed by atoms with Gasteiger partial charge in [-0.3, -0.25) is 38.4 Å². The van der Waals surface area contributed by atoms with Crippen LogP contribution >= 0.6 is 0 Å². The Morgan fingerprint density at radius 3 is 0.610 bits per heavy atom. The number of hydrogen-bond acceptors (Lipinski definition) is 14. The molecule has 0 unspecified atom stereocenters. The zero-order chi connectivity index (χ0) is 44.8. The fourth-order valence-electron chi connectivity index (χ4n) is 12.8. The number of rotatable bonds is 8. The van der Waals surface area contributed by atoms with E-state index in [-0.39, 0.29) is 77.0 Å². The van der Waals surface area contributed by atoms with E-state index in [2.05, 4.69) is 0 Å². The van der Waals surface area contributed by atoms with Gasteiger partial charge < -0.3 is 38.6 Å². The molecule has 8 bridgehead atoms.